The van der Waals surface area contributed by atoms with Gasteiger partial charge in [-0.2, -0.15) is 0 Å². The zero-order chi connectivity index (χ0) is 13.7. The first kappa shape index (κ1) is 13.2. The summed E-state index contributed by atoms with van der Waals surface area (Å²) in [6.45, 7) is 3.34. The smallest absolute Gasteiger partial charge is 0.251 e. The molecule has 0 aliphatic rings. The predicted molar refractivity (Wildman–Crippen MR) is 69.8 cm³/mol. The molecule has 0 saturated carbocycles. The molecule has 0 saturated heterocycles. The van der Waals surface area contributed by atoms with Crippen LogP contribution in [0.15, 0.2) is 23.0 Å². The zero-order valence-corrected chi connectivity index (χ0v) is 10.8. The van der Waals surface area contributed by atoms with Crippen molar-refractivity contribution in [3.8, 4) is 17.4 Å². The van der Waals surface area contributed by atoms with E-state index < -0.39 is 0 Å². The fraction of sp³-hybridized carbons (Fsp3) is 0.333. The Balaban J connectivity index is 2.32. The summed E-state index contributed by atoms with van der Waals surface area (Å²) in [6, 6.07) is 4.82. The van der Waals surface area contributed by atoms with E-state index in [0.29, 0.717) is 29.6 Å². The van der Waals surface area contributed by atoms with Gasteiger partial charge in [-0.05, 0) is 12.6 Å². The van der Waals surface area contributed by atoms with Gasteiger partial charge < -0.3 is 15.0 Å². The first-order valence-electron chi connectivity index (χ1n) is 5.92. The van der Waals surface area contributed by atoms with E-state index in [2.05, 4.69) is 25.5 Å². The summed E-state index contributed by atoms with van der Waals surface area (Å²) in [7, 11) is 1.51. The van der Waals surface area contributed by atoms with Crippen molar-refractivity contribution in [1.82, 2.24) is 25.5 Å². The Morgan fingerprint density at radius 2 is 2.21 bits per heavy atom. The molecule has 7 heteroatoms. The van der Waals surface area contributed by atoms with Crippen LogP contribution in [0, 0.1) is 0 Å². The fourth-order valence-corrected chi connectivity index (χ4v) is 1.53. The maximum Gasteiger partial charge on any atom is 0.251 e. The highest BCUT2D eigenvalue weighted by molar-refractivity contribution is 5.48. The average Bonchev–Trinajstić information content (AvgIpc) is 2.44. The highest BCUT2D eigenvalue weighted by atomic mass is 16.5. The monoisotopic (exact) mass is 261 g/mol. The Kier molecular flexibility index (Phi) is 4.19. The van der Waals surface area contributed by atoms with Crippen molar-refractivity contribution in [2.24, 2.45) is 0 Å². The van der Waals surface area contributed by atoms with Gasteiger partial charge in [0.05, 0.1) is 12.8 Å². The number of rotatable bonds is 5. The molecule has 7 nitrogen and oxygen atoms in total. The molecule has 2 aromatic rings. The number of ether oxygens (including phenoxy) is 1. The lowest BCUT2D eigenvalue weighted by Gasteiger charge is -2.04. The van der Waals surface area contributed by atoms with Crippen LogP contribution in [0.3, 0.4) is 0 Å². The van der Waals surface area contributed by atoms with Crippen LogP contribution >= 0.6 is 0 Å². The molecule has 0 aromatic carbocycles. The van der Waals surface area contributed by atoms with Crippen molar-refractivity contribution in [2.75, 3.05) is 13.7 Å². The topological polar surface area (TPSA) is 92.8 Å². The second kappa shape index (κ2) is 6.05. The van der Waals surface area contributed by atoms with Crippen molar-refractivity contribution in [2.45, 2.75) is 13.5 Å². The SMILES string of the molecule is CCNCc1cc(=O)[nH]c(-c2ccc(OC)nn2)n1. The summed E-state index contributed by atoms with van der Waals surface area (Å²) in [6.07, 6.45) is 0. The molecule has 2 heterocycles. The Labute approximate surface area is 110 Å². The summed E-state index contributed by atoms with van der Waals surface area (Å²) >= 11 is 0. The van der Waals surface area contributed by atoms with Crippen LogP contribution in [0.2, 0.25) is 0 Å². The van der Waals surface area contributed by atoms with E-state index >= 15 is 0 Å². The van der Waals surface area contributed by atoms with Gasteiger partial charge in [-0.25, -0.2) is 4.98 Å². The quantitative estimate of drug-likeness (QED) is 0.806. The van der Waals surface area contributed by atoms with Gasteiger partial charge >= 0.3 is 0 Å². The zero-order valence-electron chi connectivity index (χ0n) is 10.8. The van der Waals surface area contributed by atoms with Gasteiger partial charge in [0.15, 0.2) is 5.82 Å². The van der Waals surface area contributed by atoms with E-state index in [1.165, 1.54) is 13.2 Å². The van der Waals surface area contributed by atoms with Crippen LogP contribution in [-0.2, 0) is 6.54 Å². The third kappa shape index (κ3) is 3.35. The van der Waals surface area contributed by atoms with Crippen molar-refractivity contribution in [1.29, 1.82) is 0 Å². The third-order valence-corrected chi connectivity index (χ3v) is 2.44. The molecule has 19 heavy (non-hydrogen) atoms. The molecule has 0 amide bonds. The van der Waals surface area contributed by atoms with E-state index in [0.717, 1.165) is 6.54 Å². The van der Waals surface area contributed by atoms with Gasteiger partial charge in [0.25, 0.3) is 5.56 Å². The molecular formula is C12H15N5O2. The van der Waals surface area contributed by atoms with E-state index in [4.69, 9.17) is 4.74 Å². The normalized spacial score (nSPS) is 10.4. The molecular weight excluding hydrogens is 246 g/mol. The second-order valence-electron chi connectivity index (χ2n) is 3.83. The molecule has 0 unspecified atom stereocenters. The molecule has 2 N–H and O–H groups in total. The molecule has 0 aliphatic carbocycles. The van der Waals surface area contributed by atoms with E-state index in [1.807, 2.05) is 6.92 Å². The molecule has 0 radical (unpaired) electrons. The van der Waals surface area contributed by atoms with Gasteiger partial charge in [0.2, 0.25) is 5.88 Å². The standard InChI is InChI=1S/C12H15N5O2/c1-3-13-7-8-6-10(18)15-12(14-8)9-4-5-11(19-2)17-16-9/h4-6,13H,3,7H2,1-2H3,(H,14,15,18). The lowest BCUT2D eigenvalue weighted by Crippen LogP contribution is -2.17. The molecule has 0 aliphatic heterocycles. The van der Waals surface area contributed by atoms with Crippen LogP contribution in [0.4, 0.5) is 0 Å². The Bertz CT molecular complexity index is 594. The number of methoxy groups -OCH3 is 1. The van der Waals surface area contributed by atoms with Crippen molar-refractivity contribution in [3.05, 3.63) is 34.2 Å². The van der Waals surface area contributed by atoms with Gasteiger partial charge in [-0.1, -0.05) is 6.92 Å². The third-order valence-electron chi connectivity index (χ3n) is 2.44. The number of nitrogens with zero attached hydrogens (tertiary/aromatic N) is 3. The second-order valence-corrected chi connectivity index (χ2v) is 3.83. The minimum absolute atomic E-state index is 0.212. The summed E-state index contributed by atoms with van der Waals surface area (Å²) in [5.41, 5.74) is 0.949. The molecule has 0 fully saturated rings. The molecule has 2 rings (SSSR count). The van der Waals surface area contributed by atoms with E-state index in [-0.39, 0.29) is 5.56 Å². The minimum Gasteiger partial charge on any atom is -0.480 e. The van der Waals surface area contributed by atoms with Crippen LogP contribution < -0.4 is 15.6 Å². The first-order valence-corrected chi connectivity index (χ1v) is 5.92. The van der Waals surface area contributed by atoms with Crippen LogP contribution in [0.5, 0.6) is 5.88 Å². The lowest BCUT2D eigenvalue weighted by atomic mass is 10.3. The Hall–Kier alpha value is -2.28. The summed E-state index contributed by atoms with van der Waals surface area (Å²) in [4.78, 5) is 18.6. The number of hydrogen-bond donors (Lipinski definition) is 2. The van der Waals surface area contributed by atoms with Gasteiger partial charge in [-0.3, -0.25) is 4.79 Å². The number of aromatic amines is 1. The molecule has 0 spiro atoms. The number of nitrogens with one attached hydrogen (secondary N) is 2. The molecule has 0 bridgehead atoms. The van der Waals surface area contributed by atoms with E-state index in [1.54, 1.807) is 12.1 Å². The maximum absolute atomic E-state index is 11.6. The van der Waals surface area contributed by atoms with Gasteiger partial charge in [0, 0.05) is 18.7 Å². The van der Waals surface area contributed by atoms with E-state index in [9.17, 15) is 4.79 Å². The van der Waals surface area contributed by atoms with Crippen molar-refractivity contribution < 1.29 is 4.74 Å². The minimum atomic E-state index is -0.212. The highest BCUT2D eigenvalue weighted by Gasteiger charge is 2.06. The van der Waals surface area contributed by atoms with Crippen molar-refractivity contribution in [3.63, 3.8) is 0 Å². The first-order chi connectivity index (χ1) is 9.22. The Morgan fingerprint density at radius 3 is 2.84 bits per heavy atom. The van der Waals surface area contributed by atoms with Gasteiger partial charge in [-0.15, -0.1) is 10.2 Å². The van der Waals surface area contributed by atoms with Crippen LogP contribution in [0.25, 0.3) is 11.5 Å². The maximum atomic E-state index is 11.6. The highest BCUT2D eigenvalue weighted by Crippen LogP contribution is 2.12. The largest absolute Gasteiger partial charge is 0.480 e. The summed E-state index contributed by atoms with van der Waals surface area (Å²) < 4.78 is 4.93. The average molecular weight is 261 g/mol. The molecule has 100 valence electrons. The lowest BCUT2D eigenvalue weighted by molar-refractivity contribution is 0.392. The number of aromatic nitrogens is 4. The fourth-order valence-electron chi connectivity index (χ4n) is 1.53. The number of hydrogen-bond acceptors (Lipinski definition) is 6. The predicted octanol–water partition coefficient (Wildman–Crippen LogP) is 0.345. The number of H-pyrrole nitrogens is 1. The van der Waals surface area contributed by atoms with Crippen LogP contribution in [0.1, 0.15) is 12.6 Å². The van der Waals surface area contributed by atoms with Crippen molar-refractivity contribution >= 4 is 0 Å². The summed E-state index contributed by atoms with van der Waals surface area (Å²) in [5, 5.41) is 10.9. The van der Waals surface area contributed by atoms with Crippen LogP contribution in [-0.4, -0.2) is 33.8 Å². The molecule has 2 aromatic heterocycles. The molecule has 0 atom stereocenters. The Morgan fingerprint density at radius 1 is 1.37 bits per heavy atom. The summed E-state index contributed by atoms with van der Waals surface area (Å²) in [5.74, 6) is 0.811. The van der Waals surface area contributed by atoms with Gasteiger partial charge in [0.1, 0.15) is 5.69 Å².